The third kappa shape index (κ3) is 4.00. The van der Waals surface area contributed by atoms with Crippen molar-refractivity contribution in [3.63, 3.8) is 0 Å². The van der Waals surface area contributed by atoms with Gasteiger partial charge in [0.1, 0.15) is 6.54 Å². The quantitative estimate of drug-likeness (QED) is 0.647. The minimum absolute atomic E-state index is 0.366. The number of fused-ring (bicyclic) bond motifs is 1. The average molecular weight is 390 g/mol. The van der Waals surface area contributed by atoms with Gasteiger partial charge in [0, 0.05) is 0 Å². The van der Waals surface area contributed by atoms with Crippen molar-refractivity contribution in [1.29, 1.82) is 0 Å². The smallest absolute Gasteiger partial charge is 0.269 e. The summed E-state index contributed by atoms with van der Waals surface area (Å²) in [5.74, 6) is -6.16. The fourth-order valence-corrected chi connectivity index (χ4v) is 2.47. The van der Waals surface area contributed by atoms with Crippen molar-refractivity contribution in [1.82, 2.24) is 14.9 Å². The van der Waals surface area contributed by atoms with Gasteiger partial charge in [-0.2, -0.15) is 0 Å². The van der Waals surface area contributed by atoms with Crippen molar-refractivity contribution < 1.29 is 22.8 Å². The first kappa shape index (κ1) is 19.1. The highest BCUT2D eigenvalue weighted by Gasteiger charge is 2.16. The van der Waals surface area contributed by atoms with Crippen molar-refractivity contribution in [2.24, 2.45) is 0 Å². The molecule has 0 bridgehead atoms. The molecule has 1 heterocycles. The number of amides is 2. The molecule has 0 saturated carbocycles. The molecule has 7 nitrogen and oxygen atoms in total. The van der Waals surface area contributed by atoms with Gasteiger partial charge in [-0.1, -0.05) is 12.1 Å². The van der Waals surface area contributed by atoms with Gasteiger partial charge >= 0.3 is 0 Å². The molecule has 0 saturated heterocycles. The zero-order chi connectivity index (χ0) is 20.3. The number of carbonyl (C=O) groups is 2. The molecular weight excluding hydrogens is 377 g/mol. The minimum Gasteiger partial charge on any atom is -0.345 e. The van der Waals surface area contributed by atoms with Crippen LogP contribution in [0.15, 0.2) is 47.4 Å². The van der Waals surface area contributed by atoms with Gasteiger partial charge in [0.2, 0.25) is 11.8 Å². The number of benzene rings is 2. The molecule has 144 valence electrons. The molecule has 2 N–H and O–H groups in total. The summed E-state index contributed by atoms with van der Waals surface area (Å²) in [6, 6.07) is 8.22. The van der Waals surface area contributed by atoms with Gasteiger partial charge in [-0.25, -0.2) is 18.2 Å². The number of nitrogens with one attached hydrogen (secondary N) is 2. The Morgan fingerprint density at radius 3 is 2.54 bits per heavy atom. The highest BCUT2D eigenvalue weighted by Crippen LogP contribution is 2.19. The number of para-hydroxylation sites is 2. The van der Waals surface area contributed by atoms with Crippen LogP contribution in [0.1, 0.15) is 0 Å². The molecule has 0 fully saturated rings. The zero-order valence-corrected chi connectivity index (χ0v) is 14.2. The Balaban J connectivity index is 1.64. The van der Waals surface area contributed by atoms with Gasteiger partial charge in [0.25, 0.3) is 5.56 Å². The van der Waals surface area contributed by atoms with Crippen molar-refractivity contribution in [2.45, 2.75) is 6.54 Å². The van der Waals surface area contributed by atoms with Crippen molar-refractivity contribution in [3.05, 3.63) is 70.4 Å². The molecular formula is C18H13F3N4O3. The van der Waals surface area contributed by atoms with Crippen LogP contribution in [-0.2, 0) is 16.1 Å². The Labute approximate surface area is 155 Å². The fraction of sp³-hybridized carbons (Fsp3) is 0.111. The highest BCUT2D eigenvalue weighted by molar-refractivity contribution is 5.94. The first-order valence-corrected chi connectivity index (χ1v) is 8.01. The van der Waals surface area contributed by atoms with Crippen molar-refractivity contribution in [2.75, 3.05) is 11.9 Å². The molecule has 10 heteroatoms. The van der Waals surface area contributed by atoms with Gasteiger partial charge < -0.3 is 10.6 Å². The van der Waals surface area contributed by atoms with E-state index in [1.165, 1.54) is 4.57 Å². The van der Waals surface area contributed by atoms with Crippen LogP contribution in [0.2, 0.25) is 0 Å². The van der Waals surface area contributed by atoms with E-state index >= 15 is 0 Å². The van der Waals surface area contributed by atoms with E-state index in [0.717, 1.165) is 12.3 Å². The van der Waals surface area contributed by atoms with Crippen molar-refractivity contribution in [3.8, 4) is 0 Å². The third-order valence-electron chi connectivity index (χ3n) is 3.81. The largest absolute Gasteiger partial charge is 0.345 e. The molecule has 28 heavy (non-hydrogen) atoms. The maximum absolute atomic E-state index is 13.5. The summed E-state index contributed by atoms with van der Waals surface area (Å²) in [7, 11) is 0. The lowest BCUT2D eigenvalue weighted by Crippen LogP contribution is -2.37. The van der Waals surface area contributed by atoms with E-state index < -0.39 is 47.1 Å². The second-order valence-corrected chi connectivity index (χ2v) is 5.72. The highest BCUT2D eigenvalue weighted by atomic mass is 19.2. The lowest BCUT2D eigenvalue weighted by Gasteiger charge is -2.11. The summed E-state index contributed by atoms with van der Waals surface area (Å²) in [6.45, 7) is -0.927. The van der Waals surface area contributed by atoms with Crippen LogP contribution in [0.5, 0.6) is 0 Å². The molecule has 0 aliphatic heterocycles. The number of anilines is 1. The summed E-state index contributed by atoms with van der Waals surface area (Å²) in [6.07, 6.45) is 1.08. The van der Waals surface area contributed by atoms with Crippen LogP contribution >= 0.6 is 0 Å². The molecule has 0 aliphatic rings. The Hall–Kier alpha value is -3.69. The molecule has 0 aliphatic carbocycles. The number of hydrogen-bond acceptors (Lipinski definition) is 4. The summed E-state index contributed by atoms with van der Waals surface area (Å²) in [5, 5.41) is 4.29. The van der Waals surface area contributed by atoms with Gasteiger partial charge in [-0.15, -0.1) is 0 Å². The van der Waals surface area contributed by atoms with Crippen LogP contribution in [0.3, 0.4) is 0 Å². The number of rotatable bonds is 5. The van der Waals surface area contributed by atoms with Crippen LogP contribution in [0, 0.1) is 17.5 Å². The van der Waals surface area contributed by atoms with E-state index in [0.29, 0.717) is 17.1 Å². The van der Waals surface area contributed by atoms with E-state index in [1.54, 1.807) is 24.3 Å². The SMILES string of the molecule is O=C(Cn1c(=O)cnc2ccccc21)NCC(=O)Nc1ccc(F)c(F)c1F. The number of nitrogens with zero attached hydrogens (tertiary/aromatic N) is 2. The summed E-state index contributed by atoms with van der Waals surface area (Å²) >= 11 is 0. The van der Waals surface area contributed by atoms with Crippen LogP contribution in [0.25, 0.3) is 11.0 Å². The van der Waals surface area contributed by atoms with E-state index in [2.05, 4.69) is 10.3 Å². The molecule has 0 unspecified atom stereocenters. The standard InChI is InChI=1S/C18H13F3N4O3/c19-10-5-6-12(18(21)17(10)20)24-14(26)7-23-15(27)9-25-13-4-2-1-3-11(13)22-8-16(25)28/h1-6,8H,7,9H2,(H,23,27)(H,24,26). The van der Waals surface area contributed by atoms with E-state index in [1.807, 2.05) is 5.32 Å². The molecule has 3 aromatic rings. The van der Waals surface area contributed by atoms with E-state index in [-0.39, 0.29) is 6.54 Å². The molecule has 0 spiro atoms. The van der Waals surface area contributed by atoms with Crippen LogP contribution < -0.4 is 16.2 Å². The van der Waals surface area contributed by atoms with Gasteiger partial charge in [-0.3, -0.25) is 19.0 Å². The average Bonchev–Trinajstić information content (AvgIpc) is 2.69. The molecule has 1 aromatic heterocycles. The summed E-state index contributed by atoms with van der Waals surface area (Å²) in [5.41, 5.74) is -0.100. The Kier molecular flexibility index (Phi) is 5.39. The maximum atomic E-state index is 13.5. The number of carbonyl (C=O) groups excluding carboxylic acids is 2. The van der Waals surface area contributed by atoms with Crippen LogP contribution in [-0.4, -0.2) is 27.9 Å². The minimum atomic E-state index is -1.72. The second-order valence-electron chi connectivity index (χ2n) is 5.72. The molecule has 2 aromatic carbocycles. The first-order valence-electron chi connectivity index (χ1n) is 8.01. The fourth-order valence-electron chi connectivity index (χ4n) is 2.47. The van der Waals surface area contributed by atoms with Crippen molar-refractivity contribution >= 4 is 28.5 Å². The zero-order valence-electron chi connectivity index (χ0n) is 14.2. The maximum Gasteiger partial charge on any atom is 0.269 e. The topological polar surface area (TPSA) is 93.1 Å². The van der Waals surface area contributed by atoms with Gasteiger partial charge in [0.05, 0.1) is 29.5 Å². The monoisotopic (exact) mass is 390 g/mol. The van der Waals surface area contributed by atoms with Gasteiger partial charge in [0.15, 0.2) is 17.5 Å². The predicted molar refractivity (Wildman–Crippen MR) is 94.0 cm³/mol. The predicted octanol–water partition coefficient (Wildman–Crippen LogP) is 1.57. The third-order valence-corrected chi connectivity index (χ3v) is 3.81. The molecule has 2 amide bonds. The van der Waals surface area contributed by atoms with E-state index in [4.69, 9.17) is 0 Å². The lowest BCUT2D eigenvalue weighted by molar-refractivity contribution is -0.124. The lowest BCUT2D eigenvalue weighted by atomic mass is 10.2. The molecule has 3 rings (SSSR count). The van der Waals surface area contributed by atoms with E-state index in [9.17, 15) is 27.6 Å². The first-order chi connectivity index (χ1) is 13.4. The number of hydrogen-bond donors (Lipinski definition) is 2. The van der Waals surface area contributed by atoms with Crippen LogP contribution in [0.4, 0.5) is 18.9 Å². The second kappa shape index (κ2) is 7.91. The molecule has 0 atom stereocenters. The molecule has 0 radical (unpaired) electrons. The van der Waals surface area contributed by atoms with Gasteiger partial charge in [-0.05, 0) is 24.3 Å². The Bertz CT molecular complexity index is 1130. The Morgan fingerprint density at radius 1 is 1.00 bits per heavy atom. The Morgan fingerprint density at radius 2 is 1.75 bits per heavy atom. The number of halogens is 3. The normalized spacial score (nSPS) is 10.7. The summed E-state index contributed by atoms with van der Waals surface area (Å²) in [4.78, 5) is 39.8. The number of aromatic nitrogens is 2. The summed E-state index contributed by atoms with van der Waals surface area (Å²) < 4.78 is 40.8.